The number of nitrogens with two attached hydrogens (primary N) is 1. The molecule has 1 nitrogen and oxygen atoms in total. The molecule has 2 aromatic rings. The SMILES string of the molecule is CCc1ccccc1C(N)c1ccc(F)c(C)c1. The molecule has 1 atom stereocenters. The van der Waals surface area contributed by atoms with E-state index in [9.17, 15) is 4.39 Å². The third-order valence-electron chi connectivity index (χ3n) is 3.31. The van der Waals surface area contributed by atoms with E-state index in [1.165, 1.54) is 11.6 Å². The van der Waals surface area contributed by atoms with Gasteiger partial charge in [-0.3, -0.25) is 0 Å². The fourth-order valence-corrected chi connectivity index (χ4v) is 2.20. The van der Waals surface area contributed by atoms with Crippen molar-refractivity contribution >= 4 is 0 Å². The second-order valence-electron chi connectivity index (χ2n) is 4.54. The Labute approximate surface area is 107 Å². The van der Waals surface area contributed by atoms with Crippen LogP contribution < -0.4 is 5.73 Å². The van der Waals surface area contributed by atoms with E-state index in [2.05, 4.69) is 13.0 Å². The number of aryl methyl sites for hydroxylation is 2. The van der Waals surface area contributed by atoms with Gasteiger partial charge in [-0.05, 0) is 41.7 Å². The van der Waals surface area contributed by atoms with Gasteiger partial charge in [-0.25, -0.2) is 4.39 Å². The maximum absolute atomic E-state index is 13.3. The summed E-state index contributed by atoms with van der Waals surface area (Å²) in [6, 6.07) is 13.0. The summed E-state index contributed by atoms with van der Waals surface area (Å²) >= 11 is 0. The van der Waals surface area contributed by atoms with Gasteiger partial charge in [0.15, 0.2) is 0 Å². The van der Waals surface area contributed by atoms with Crippen LogP contribution in [0.3, 0.4) is 0 Å². The third-order valence-corrected chi connectivity index (χ3v) is 3.31. The number of benzene rings is 2. The molecule has 0 aliphatic heterocycles. The van der Waals surface area contributed by atoms with Gasteiger partial charge in [-0.15, -0.1) is 0 Å². The molecule has 0 amide bonds. The Morgan fingerprint density at radius 3 is 2.56 bits per heavy atom. The average molecular weight is 243 g/mol. The first-order valence-electron chi connectivity index (χ1n) is 6.23. The molecule has 2 N–H and O–H groups in total. The zero-order valence-corrected chi connectivity index (χ0v) is 10.8. The molecule has 0 aliphatic rings. The van der Waals surface area contributed by atoms with Crippen molar-refractivity contribution in [2.45, 2.75) is 26.3 Å². The summed E-state index contributed by atoms with van der Waals surface area (Å²) in [6.07, 6.45) is 0.948. The fraction of sp³-hybridized carbons (Fsp3) is 0.250. The topological polar surface area (TPSA) is 26.0 Å². The summed E-state index contributed by atoms with van der Waals surface area (Å²) in [5, 5.41) is 0. The summed E-state index contributed by atoms with van der Waals surface area (Å²) in [5.74, 6) is -0.185. The van der Waals surface area contributed by atoms with Crippen molar-refractivity contribution in [2.24, 2.45) is 5.73 Å². The third kappa shape index (κ3) is 2.44. The van der Waals surface area contributed by atoms with Crippen molar-refractivity contribution in [1.82, 2.24) is 0 Å². The molecule has 1 unspecified atom stereocenters. The quantitative estimate of drug-likeness (QED) is 0.873. The summed E-state index contributed by atoms with van der Waals surface area (Å²) < 4.78 is 13.3. The van der Waals surface area contributed by atoms with Gasteiger partial charge in [-0.1, -0.05) is 43.3 Å². The standard InChI is InChI=1S/C16H18FN/c1-3-12-6-4-5-7-14(12)16(18)13-8-9-15(17)11(2)10-13/h4-10,16H,3,18H2,1-2H3. The maximum atomic E-state index is 13.3. The molecule has 2 rings (SSSR count). The van der Waals surface area contributed by atoms with Crippen LogP contribution in [-0.4, -0.2) is 0 Å². The second kappa shape index (κ2) is 5.32. The van der Waals surface area contributed by atoms with Crippen LogP contribution in [0.4, 0.5) is 4.39 Å². The van der Waals surface area contributed by atoms with Gasteiger partial charge in [0.2, 0.25) is 0 Å². The first kappa shape index (κ1) is 12.8. The van der Waals surface area contributed by atoms with Gasteiger partial charge in [-0.2, -0.15) is 0 Å². The van der Waals surface area contributed by atoms with Gasteiger partial charge in [0.25, 0.3) is 0 Å². The molecular formula is C16H18FN. The highest BCUT2D eigenvalue weighted by Gasteiger charge is 2.12. The highest BCUT2D eigenvalue weighted by Crippen LogP contribution is 2.24. The van der Waals surface area contributed by atoms with E-state index >= 15 is 0 Å². The van der Waals surface area contributed by atoms with E-state index in [-0.39, 0.29) is 11.9 Å². The van der Waals surface area contributed by atoms with E-state index in [1.807, 2.05) is 24.3 Å². The van der Waals surface area contributed by atoms with E-state index in [0.29, 0.717) is 5.56 Å². The molecule has 2 heteroatoms. The van der Waals surface area contributed by atoms with Crippen LogP contribution in [0.25, 0.3) is 0 Å². The van der Waals surface area contributed by atoms with E-state index in [0.717, 1.165) is 17.5 Å². The lowest BCUT2D eigenvalue weighted by molar-refractivity contribution is 0.617. The molecule has 18 heavy (non-hydrogen) atoms. The van der Waals surface area contributed by atoms with Gasteiger partial charge in [0.1, 0.15) is 5.82 Å². The molecule has 0 aliphatic carbocycles. The Hall–Kier alpha value is -1.67. The van der Waals surface area contributed by atoms with Crippen LogP contribution in [0.15, 0.2) is 42.5 Å². The maximum Gasteiger partial charge on any atom is 0.126 e. The molecule has 0 bridgehead atoms. The summed E-state index contributed by atoms with van der Waals surface area (Å²) in [5.41, 5.74) is 10.2. The monoisotopic (exact) mass is 243 g/mol. The van der Waals surface area contributed by atoms with Gasteiger partial charge < -0.3 is 5.73 Å². The molecule has 0 saturated heterocycles. The zero-order chi connectivity index (χ0) is 13.1. The highest BCUT2D eigenvalue weighted by molar-refractivity contribution is 5.38. The predicted octanol–water partition coefficient (Wildman–Crippen LogP) is 3.74. The van der Waals surface area contributed by atoms with Crippen LogP contribution >= 0.6 is 0 Å². The smallest absolute Gasteiger partial charge is 0.126 e. The Morgan fingerprint density at radius 1 is 1.17 bits per heavy atom. The van der Waals surface area contributed by atoms with Crippen molar-refractivity contribution in [1.29, 1.82) is 0 Å². The Balaban J connectivity index is 2.41. The van der Waals surface area contributed by atoms with Gasteiger partial charge in [0, 0.05) is 0 Å². The normalized spacial score (nSPS) is 12.4. The molecular weight excluding hydrogens is 225 g/mol. The van der Waals surface area contributed by atoms with Crippen LogP contribution in [0.2, 0.25) is 0 Å². The van der Waals surface area contributed by atoms with Gasteiger partial charge in [0.05, 0.1) is 6.04 Å². The average Bonchev–Trinajstić information content (AvgIpc) is 2.41. The van der Waals surface area contributed by atoms with Crippen molar-refractivity contribution < 1.29 is 4.39 Å². The fourth-order valence-electron chi connectivity index (χ4n) is 2.20. The van der Waals surface area contributed by atoms with Crippen molar-refractivity contribution in [3.63, 3.8) is 0 Å². The van der Waals surface area contributed by atoms with Crippen LogP contribution in [0.5, 0.6) is 0 Å². The summed E-state index contributed by atoms with van der Waals surface area (Å²) in [4.78, 5) is 0. The zero-order valence-electron chi connectivity index (χ0n) is 10.8. The molecule has 0 aromatic heterocycles. The molecule has 0 fully saturated rings. The highest BCUT2D eigenvalue weighted by atomic mass is 19.1. The number of halogens is 1. The number of hydrogen-bond acceptors (Lipinski definition) is 1. The Morgan fingerprint density at radius 2 is 1.89 bits per heavy atom. The summed E-state index contributed by atoms with van der Waals surface area (Å²) in [7, 11) is 0. The van der Waals surface area contributed by atoms with Crippen molar-refractivity contribution in [2.75, 3.05) is 0 Å². The predicted molar refractivity (Wildman–Crippen MR) is 73.0 cm³/mol. The first-order chi connectivity index (χ1) is 8.63. The minimum atomic E-state index is -0.194. The van der Waals surface area contributed by atoms with Crippen LogP contribution in [-0.2, 0) is 6.42 Å². The Kier molecular flexibility index (Phi) is 3.78. The largest absolute Gasteiger partial charge is 0.320 e. The lowest BCUT2D eigenvalue weighted by Crippen LogP contribution is -2.14. The first-order valence-corrected chi connectivity index (χ1v) is 6.23. The van der Waals surface area contributed by atoms with Crippen LogP contribution in [0, 0.1) is 12.7 Å². The molecule has 94 valence electrons. The molecule has 2 aromatic carbocycles. The lowest BCUT2D eigenvalue weighted by Gasteiger charge is -2.17. The number of rotatable bonds is 3. The van der Waals surface area contributed by atoms with E-state index in [4.69, 9.17) is 5.73 Å². The van der Waals surface area contributed by atoms with E-state index < -0.39 is 0 Å². The minimum Gasteiger partial charge on any atom is -0.320 e. The molecule has 0 spiro atoms. The van der Waals surface area contributed by atoms with Gasteiger partial charge >= 0.3 is 0 Å². The van der Waals surface area contributed by atoms with Crippen molar-refractivity contribution in [3.8, 4) is 0 Å². The molecule has 0 radical (unpaired) electrons. The second-order valence-corrected chi connectivity index (χ2v) is 4.54. The van der Waals surface area contributed by atoms with E-state index in [1.54, 1.807) is 13.0 Å². The Bertz CT molecular complexity index is 549. The minimum absolute atomic E-state index is 0.185. The lowest BCUT2D eigenvalue weighted by atomic mass is 9.93. The molecule has 0 heterocycles. The molecule has 0 saturated carbocycles. The van der Waals surface area contributed by atoms with Crippen molar-refractivity contribution in [3.05, 3.63) is 70.5 Å². The van der Waals surface area contributed by atoms with Crippen LogP contribution in [0.1, 0.15) is 35.2 Å². The number of hydrogen-bond donors (Lipinski definition) is 1. The summed E-state index contributed by atoms with van der Waals surface area (Å²) in [6.45, 7) is 3.87.